The number of aromatic nitrogens is 1. The number of anilines is 2. The van der Waals surface area contributed by atoms with Crippen LogP contribution in [0.1, 0.15) is 18.2 Å². The maximum Gasteiger partial charge on any atom is 0.133 e. The normalized spacial score (nSPS) is 14.1. The summed E-state index contributed by atoms with van der Waals surface area (Å²) in [5, 5.41) is 0. The van der Waals surface area contributed by atoms with Crippen molar-refractivity contribution in [1.29, 1.82) is 0 Å². The fourth-order valence-corrected chi connectivity index (χ4v) is 2.37. The third kappa shape index (κ3) is 1.80. The average Bonchev–Trinajstić information content (AvgIpc) is 2.39. The van der Waals surface area contributed by atoms with E-state index >= 15 is 0 Å². The molecule has 0 bridgehead atoms. The molecule has 0 saturated carbocycles. The molecule has 90 valence electrons. The minimum atomic E-state index is 0.888. The van der Waals surface area contributed by atoms with Gasteiger partial charge in [0.25, 0.3) is 0 Å². The van der Waals surface area contributed by atoms with Gasteiger partial charge in [0.05, 0.1) is 5.69 Å². The molecule has 0 unspecified atom stereocenters. The third-order valence-corrected chi connectivity index (χ3v) is 3.35. The van der Waals surface area contributed by atoms with Gasteiger partial charge >= 0.3 is 0 Å². The van der Waals surface area contributed by atoms with Gasteiger partial charge in [-0.25, -0.2) is 4.98 Å². The largest absolute Gasteiger partial charge is 0.322 e. The highest BCUT2D eigenvalue weighted by molar-refractivity contribution is 5.82. The van der Waals surface area contributed by atoms with Crippen LogP contribution in [0.25, 0.3) is 5.57 Å². The van der Waals surface area contributed by atoms with E-state index in [2.05, 4.69) is 59.3 Å². The highest BCUT2D eigenvalue weighted by atomic mass is 15.2. The highest BCUT2D eigenvalue weighted by Gasteiger charge is 2.17. The highest BCUT2D eigenvalue weighted by Crippen LogP contribution is 2.34. The molecular formula is C16H16N2. The molecule has 1 aliphatic heterocycles. The number of aryl methyl sites for hydroxylation is 1. The summed E-state index contributed by atoms with van der Waals surface area (Å²) in [6.45, 7) is 5.08. The number of pyridine rings is 1. The van der Waals surface area contributed by atoms with Crippen LogP contribution in [-0.2, 0) is 0 Å². The molecule has 2 heteroatoms. The summed E-state index contributed by atoms with van der Waals surface area (Å²) < 4.78 is 0. The summed E-state index contributed by atoms with van der Waals surface area (Å²) in [4.78, 5) is 6.88. The van der Waals surface area contributed by atoms with Crippen LogP contribution in [0.3, 0.4) is 0 Å². The Bertz CT molecular complexity index is 614. The van der Waals surface area contributed by atoms with Crippen molar-refractivity contribution in [3.8, 4) is 0 Å². The number of nitrogens with zero attached hydrogens (tertiary/aromatic N) is 2. The second-order valence-electron chi connectivity index (χ2n) is 4.65. The fourth-order valence-electron chi connectivity index (χ4n) is 2.37. The Hall–Kier alpha value is -2.09. The minimum Gasteiger partial charge on any atom is -0.322 e. The van der Waals surface area contributed by atoms with Crippen molar-refractivity contribution >= 4 is 17.1 Å². The quantitative estimate of drug-likeness (QED) is 0.745. The zero-order valence-corrected chi connectivity index (χ0v) is 10.7. The van der Waals surface area contributed by atoms with Gasteiger partial charge in [0.1, 0.15) is 5.82 Å². The van der Waals surface area contributed by atoms with Gasteiger partial charge in [0.15, 0.2) is 0 Å². The van der Waals surface area contributed by atoms with E-state index in [1.807, 2.05) is 13.0 Å². The van der Waals surface area contributed by atoms with Gasteiger partial charge in [-0.3, -0.25) is 0 Å². The molecule has 0 atom stereocenters. The zero-order chi connectivity index (χ0) is 12.5. The Morgan fingerprint density at radius 2 is 1.83 bits per heavy atom. The van der Waals surface area contributed by atoms with E-state index < -0.39 is 0 Å². The minimum absolute atomic E-state index is 0.888. The van der Waals surface area contributed by atoms with Crippen LogP contribution in [0, 0.1) is 6.92 Å². The number of rotatable bonds is 1. The third-order valence-electron chi connectivity index (χ3n) is 3.35. The summed E-state index contributed by atoms with van der Waals surface area (Å²) in [5.74, 6) is 1.02. The summed E-state index contributed by atoms with van der Waals surface area (Å²) in [6.07, 6.45) is 2.26. The molecule has 1 aromatic carbocycles. The second-order valence-corrected chi connectivity index (χ2v) is 4.65. The van der Waals surface area contributed by atoms with Gasteiger partial charge in [-0.2, -0.15) is 0 Å². The molecule has 0 spiro atoms. The summed E-state index contributed by atoms with van der Waals surface area (Å²) in [6, 6.07) is 14.7. The molecule has 1 aromatic heterocycles. The molecule has 2 heterocycles. The Morgan fingerprint density at radius 3 is 2.67 bits per heavy atom. The molecule has 3 rings (SSSR count). The molecule has 0 fully saturated rings. The van der Waals surface area contributed by atoms with Crippen molar-refractivity contribution in [2.75, 3.05) is 11.4 Å². The molecule has 0 N–H and O–H groups in total. The van der Waals surface area contributed by atoms with Gasteiger partial charge in [-0.05, 0) is 37.6 Å². The SMILES string of the molecule is CC1=CCN(c2cccc(C)n2)c2ccccc21. The Balaban J connectivity index is 2.11. The molecule has 0 radical (unpaired) electrons. The van der Waals surface area contributed by atoms with Gasteiger partial charge in [-0.1, -0.05) is 30.3 Å². The number of benzene rings is 1. The van der Waals surface area contributed by atoms with Crippen LogP contribution in [0.4, 0.5) is 11.5 Å². The first kappa shape index (κ1) is 11.0. The maximum absolute atomic E-state index is 4.62. The van der Waals surface area contributed by atoms with Crippen LogP contribution in [0.2, 0.25) is 0 Å². The molecule has 2 aromatic rings. The molecule has 1 aliphatic rings. The lowest BCUT2D eigenvalue weighted by Crippen LogP contribution is -2.22. The van der Waals surface area contributed by atoms with Crippen molar-refractivity contribution in [1.82, 2.24) is 4.98 Å². The first-order valence-corrected chi connectivity index (χ1v) is 6.23. The molecule has 0 saturated heterocycles. The summed E-state index contributed by atoms with van der Waals surface area (Å²) in [7, 11) is 0. The van der Waals surface area contributed by atoms with Crippen LogP contribution in [0.5, 0.6) is 0 Å². The number of hydrogen-bond donors (Lipinski definition) is 0. The molecule has 0 aliphatic carbocycles. The van der Waals surface area contributed by atoms with Gasteiger partial charge in [-0.15, -0.1) is 0 Å². The maximum atomic E-state index is 4.62. The second kappa shape index (κ2) is 4.30. The van der Waals surface area contributed by atoms with Crippen molar-refractivity contribution in [2.24, 2.45) is 0 Å². The molecular weight excluding hydrogens is 220 g/mol. The van der Waals surface area contributed by atoms with E-state index in [0.717, 1.165) is 18.1 Å². The van der Waals surface area contributed by atoms with Crippen LogP contribution >= 0.6 is 0 Å². The van der Waals surface area contributed by atoms with Crippen LogP contribution < -0.4 is 4.90 Å². The molecule has 2 nitrogen and oxygen atoms in total. The first-order chi connectivity index (χ1) is 8.75. The van der Waals surface area contributed by atoms with E-state index in [1.54, 1.807) is 0 Å². The predicted octanol–water partition coefficient (Wildman–Crippen LogP) is 3.95. The zero-order valence-electron chi connectivity index (χ0n) is 10.7. The Kier molecular flexibility index (Phi) is 2.63. The van der Waals surface area contributed by atoms with E-state index in [4.69, 9.17) is 0 Å². The summed E-state index contributed by atoms with van der Waals surface area (Å²) >= 11 is 0. The fraction of sp³-hybridized carbons (Fsp3) is 0.188. The number of fused-ring (bicyclic) bond motifs is 1. The number of hydrogen-bond acceptors (Lipinski definition) is 2. The van der Waals surface area contributed by atoms with Crippen molar-refractivity contribution in [2.45, 2.75) is 13.8 Å². The Labute approximate surface area is 108 Å². The Morgan fingerprint density at radius 1 is 1.00 bits per heavy atom. The van der Waals surface area contributed by atoms with Crippen LogP contribution in [-0.4, -0.2) is 11.5 Å². The van der Waals surface area contributed by atoms with Crippen LogP contribution in [0.15, 0.2) is 48.5 Å². The van der Waals surface area contributed by atoms with E-state index in [9.17, 15) is 0 Å². The average molecular weight is 236 g/mol. The lowest BCUT2D eigenvalue weighted by molar-refractivity contribution is 1.01. The summed E-state index contributed by atoms with van der Waals surface area (Å²) in [5.41, 5.74) is 4.94. The topological polar surface area (TPSA) is 16.1 Å². The first-order valence-electron chi connectivity index (χ1n) is 6.23. The lowest BCUT2D eigenvalue weighted by atomic mass is 10.0. The monoisotopic (exact) mass is 236 g/mol. The molecule has 0 amide bonds. The van der Waals surface area contributed by atoms with E-state index in [1.165, 1.54) is 16.8 Å². The van der Waals surface area contributed by atoms with E-state index in [0.29, 0.717) is 0 Å². The van der Waals surface area contributed by atoms with Gasteiger partial charge in [0, 0.05) is 17.8 Å². The number of allylic oxidation sites excluding steroid dienone is 1. The smallest absolute Gasteiger partial charge is 0.133 e. The standard InChI is InChI=1S/C16H16N2/c1-12-10-11-18(15-8-4-3-7-14(12)15)16-9-5-6-13(2)17-16/h3-10H,11H2,1-2H3. The number of para-hydroxylation sites is 1. The lowest BCUT2D eigenvalue weighted by Gasteiger charge is -2.29. The predicted molar refractivity (Wildman–Crippen MR) is 76.1 cm³/mol. The van der Waals surface area contributed by atoms with E-state index in [-0.39, 0.29) is 0 Å². The molecule has 18 heavy (non-hydrogen) atoms. The van der Waals surface area contributed by atoms with Gasteiger partial charge in [0.2, 0.25) is 0 Å². The van der Waals surface area contributed by atoms with Crippen molar-refractivity contribution < 1.29 is 0 Å². The van der Waals surface area contributed by atoms with Crippen molar-refractivity contribution in [3.63, 3.8) is 0 Å². The van der Waals surface area contributed by atoms with Gasteiger partial charge < -0.3 is 4.90 Å². The van der Waals surface area contributed by atoms with Crippen molar-refractivity contribution in [3.05, 3.63) is 59.8 Å².